The molecule has 1 fully saturated rings. The molecule has 1 aliphatic heterocycles. The maximum Gasteiger partial charge on any atom is 0.0552 e. The first-order chi connectivity index (χ1) is 8.43. The fourth-order valence-corrected chi connectivity index (χ4v) is 2.52. The molecule has 1 aromatic heterocycles. The molecule has 0 bridgehead atoms. The average molecular weight is 227 g/mol. The van der Waals surface area contributed by atoms with Crippen molar-refractivity contribution < 1.29 is 0 Å². The molecule has 0 saturated carbocycles. The number of para-hydroxylation sites is 1. The van der Waals surface area contributed by atoms with E-state index in [1.165, 1.54) is 18.5 Å². The molecule has 0 aliphatic carbocycles. The summed E-state index contributed by atoms with van der Waals surface area (Å²) in [4.78, 5) is 2.46. The highest BCUT2D eigenvalue weighted by Crippen LogP contribution is 2.25. The summed E-state index contributed by atoms with van der Waals surface area (Å²) in [6, 6.07) is 13.2. The van der Waals surface area contributed by atoms with Crippen LogP contribution in [-0.2, 0) is 0 Å². The van der Waals surface area contributed by atoms with Gasteiger partial charge in [0.15, 0.2) is 0 Å². The van der Waals surface area contributed by atoms with E-state index in [2.05, 4.69) is 51.2 Å². The van der Waals surface area contributed by atoms with E-state index in [1.54, 1.807) is 0 Å². The van der Waals surface area contributed by atoms with Crippen LogP contribution in [0.2, 0.25) is 0 Å². The lowest BCUT2D eigenvalue weighted by molar-refractivity contribution is 0.367. The lowest BCUT2D eigenvalue weighted by atomic mass is 10.0. The second-order valence-electron chi connectivity index (χ2n) is 4.54. The van der Waals surface area contributed by atoms with Gasteiger partial charge in [-0.3, -0.25) is 4.68 Å². The summed E-state index contributed by atoms with van der Waals surface area (Å²) in [5.74, 6) is 0. The minimum absolute atomic E-state index is 0.574. The van der Waals surface area contributed by atoms with Gasteiger partial charge in [-0.2, -0.15) is 5.10 Å². The zero-order valence-electron chi connectivity index (χ0n) is 9.87. The Bertz CT molecular complexity index is 442. The number of anilines is 1. The molecule has 3 heteroatoms. The second kappa shape index (κ2) is 4.62. The van der Waals surface area contributed by atoms with E-state index in [0.717, 1.165) is 13.1 Å². The van der Waals surface area contributed by atoms with Crippen LogP contribution in [0.25, 0.3) is 0 Å². The van der Waals surface area contributed by atoms with Crippen LogP contribution in [0.1, 0.15) is 18.9 Å². The van der Waals surface area contributed by atoms with Gasteiger partial charge >= 0.3 is 0 Å². The van der Waals surface area contributed by atoms with Gasteiger partial charge in [0, 0.05) is 31.2 Å². The van der Waals surface area contributed by atoms with Crippen molar-refractivity contribution in [1.29, 1.82) is 0 Å². The second-order valence-corrected chi connectivity index (χ2v) is 4.54. The molecule has 0 atom stereocenters. The fourth-order valence-electron chi connectivity index (χ4n) is 2.52. The number of rotatable bonds is 2. The summed E-state index contributed by atoms with van der Waals surface area (Å²) in [6.07, 6.45) is 6.29. The van der Waals surface area contributed by atoms with E-state index in [-0.39, 0.29) is 0 Å². The normalized spacial score (nSPS) is 17.3. The van der Waals surface area contributed by atoms with E-state index >= 15 is 0 Å². The number of nitrogens with zero attached hydrogens (tertiary/aromatic N) is 3. The Labute approximate surface area is 102 Å². The van der Waals surface area contributed by atoms with Gasteiger partial charge in [-0.05, 0) is 31.0 Å². The molecule has 17 heavy (non-hydrogen) atoms. The fraction of sp³-hybridized carbons (Fsp3) is 0.357. The predicted molar refractivity (Wildman–Crippen MR) is 69.2 cm³/mol. The van der Waals surface area contributed by atoms with Crippen molar-refractivity contribution in [2.75, 3.05) is 18.0 Å². The van der Waals surface area contributed by atoms with Crippen molar-refractivity contribution in [2.24, 2.45) is 0 Å². The molecule has 3 rings (SSSR count). The van der Waals surface area contributed by atoms with E-state index in [1.807, 2.05) is 12.3 Å². The lowest BCUT2D eigenvalue weighted by Crippen LogP contribution is -2.34. The minimum Gasteiger partial charge on any atom is -0.371 e. The van der Waals surface area contributed by atoms with Crippen molar-refractivity contribution in [3.05, 3.63) is 48.8 Å². The molecular formula is C14H17N3. The Morgan fingerprint density at radius 1 is 1.00 bits per heavy atom. The minimum atomic E-state index is 0.574. The number of piperidine rings is 1. The summed E-state index contributed by atoms with van der Waals surface area (Å²) in [6.45, 7) is 2.24. The summed E-state index contributed by atoms with van der Waals surface area (Å²) >= 11 is 0. The topological polar surface area (TPSA) is 21.1 Å². The third kappa shape index (κ3) is 2.18. The quantitative estimate of drug-likeness (QED) is 0.786. The van der Waals surface area contributed by atoms with E-state index < -0.39 is 0 Å². The molecule has 1 saturated heterocycles. The van der Waals surface area contributed by atoms with Crippen LogP contribution in [0.5, 0.6) is 0 Å². The van der Waals surface area contributed by atoms with Crippen molar-refractivity contribution in [3.63, 3.8) is 0 Å². The lowest BCUT2D eigenvalue weighted by Gasteiger charge is -2.33. The van der Waals surface area contributed by atoms with E-state index in [4.69, 9.17) is 0 Å². The monoisotopic (exact) mass is 227 g/mol. The zero-order valence-corrected chi connectivity index (χ0v) is 9.87. The molecule has 0 radical (unpaired) electrons. The van der Waals surface area contributed by atoms with Gasteiger partial charge in [0.05, 0.1) is 6.04 Å². The molecule has 3 nitrogen and oxygen atoms in total. The molecule has 2 aromatic rings. The van der Waals surface area contributed by atoms with Gasteiger partial charge in [0.2, 0.25) is 0 Å². The van der Waals surface area contributed by atoms with Gasteiger partial charge < -0.3 is 4.90 Å². The molecule has 0 amide bonds. The van der Waals surface area contributed by atoms with Gasteiger partial charge in [0.1, 0.15) is 0 Å². The molecule has 0 unspecified atom stereocenters. The van der Waals surface area contributed by atoms with Gasteiger partial charge in [0.25, 0.3) is 0 Å². The molecular weight excluding hydrogens is 210 g/mol. The SMILES string of the molecule is c1ccc(N2CCC(n3cccn3)CC2)cc1. The first-order valence-electron chi connectivity index (χ1n) is 6.22. The summed E-state index contributed by atoms with van der Waals surface area (Å²) in [7, 11) is 0. The highest BCUT2D eigenvalue weighted by Gasteiger charge is 2.20. The maximum absolute atomic E-state index is 4.34. The first kappa shape index (κ1) is 10.4. The van der Waals surface area contributed by atoms with E-state index in [9.17, 15) is 0 Å². The van der Waals surface area contributed by atoms with Gasteiger partial charge in [-0.25, -0.2) is 0 Å². The largest absolute Gasteiger partial charge is 0.371 e. The van der Waals surface area contributed by atoms with Crippen molar-refractivity contribution >= 4 is 5.69 Å². The van der Waals surface area contributed by atoms with Crippen molar-refractivity contribution in [3.8, 4) is 0 Å². The third-order valence-electron chi connectivity index (χ3n) is 3.48. The Morgan fingerprint density at radius 3 is 2.41 bits per heavy atom. The predicted octanol–water partition coefficient (Wildman–Crippen LogP) is 2.72. The maximum atomic E-state index is 4.34. The van der Waals surface area contributed by atoms with Gasteiger partial charge in [-0.15, -0.1) is 0 Å². The van der Waals surface area contributed by atoms with Crippen molar-refractivity contribution in [2.45, 2.75) is 18.9 Å². The summed E-state index contributed by atoms with van der Waals surface area (Å²) < 4.78 is 2.10. The van der Waals surface area contributed by atoms with E-state index in [0.29, 0.717) is 6.04 Å². The average Bonchev–Trinajstić information content (AvgIpc) is 2.94. The Hall–Kier alpha value is -1.77. The van der Waals surface area contributed by atoms with Crippen LogP contribution in [0.3, 0.4) is 0 Å². The van der Waals surface area contributed by atoms with Gasteiger partial charge in [-0.1, -0.05) is 18.2 Å². The number of hydrogen-bond donors (Lipinski definition) is 0. The molecule has 0 N–H and O–H groups in total. The standard InChI is InChI=1S/C14H17N3/c1-2-5-13(6-3-1)16-11-7-14(8-12-16)17-10-4-9-15-17/h1-6,9-10,14H,7-8,11-12H2. The highest BCUT2D eigenvalue weighted by atomic mass is 15.3. The van der Waals surface area contributed by atoms with Crippen molar-refractivity contribution in [1.82, 2.24) is 9.78 Å². The Balaban J connectivity index is 1.65. The van der Waals surface area contributed by atoms with Crippen LogP contribution in [0, 0.1) is 0 Å². The summed E-state index contributed by atoms with van der Waals surface area (Å²) in [5, 5.41) is 4.34. The first-order valence-corrected chi connectivity index (χ1v) is 6.22. The smallest absolute Gasteiger partial charge is 0.0552 e. The zero-order chi connectivity index (χ0) is 11.5. The Morgan fingerprint density at radius 2 is 1.76 bits per heavy atom. The van der Waals surface area contributed by atoms with Crippen LogP contribution in [0.15, 0.2) is 48.8 Å². The molecule has 2 heterocycles. The van der Waals surface area contributed by atoms with Crippen LogP contribution < -0.4 is 4.90 Å². The number of hydrogen-bond acceptors (Lipinski definition) is 2. The number of aromatic nitrogens is 2. The summed E-state index contributed by atoms with van der Waals surface area (Å²) in [5.41, 5.74) is 1.34. The van der Waals surface area contributed by atoms with Crippen LogP contribution in [0.4, 0.5) is 5.69 Å². The van der Waals surface area contributed by atoms with Crippen LogP contribution >= 0.6 is 0 Å². The number of benzene rings is 1. The molecule has 1 aliphatic rings. The van der Waals surface area contributed by atoms with Crippen LogP contribution in [-0.4, -0.2) is 22.9 Å². The highest BCUT2D eigenvalue weighted by molar-refractivity contribution is 5.46. The molecule has 0 spiro atoms. The molecule has 88 valence electrons. The third-order valence-corrected chi connectivity index (χ3v) is 3.48. The molecule has 1 aromatic carbocycles. The Kier molecular flexibility index (Phi) is 2.82.